The summed E-state index contributed by atoms with van der Waals surface area (Å²) in [7, 11) is 0. The molecule has 0 amide bonds. The van der Waals surface area contributed by atoms with Gasteiger partial charge < -0.3 is 4.74 Å². The van der Waals surface area contributed by atoms with Crippen LogP contribution in [0.3, 0.4) is 0 Å². The Morgan fingerprint density at radius 3 is 1.52 bits per heavy atom. The topological polar surface area (TPSA) is 9.23 Å². The van der Waals surface area contributed by atoms with Crippen molar-refractivity contribution in [2.45, 2.75) is 13.8 Å². The lowest BCUT2D eigenvalue weighted by Gasteiger charge is -2.12. The monoisotopic (exact) mass is 298 g/mol. The Hall–Kier alpha value is -2.80. The minimum Gasteiger partial charge on any atom is -0.456 e. The zero-order valence-electron chi connectivity index (χ0n) is 13.3. The Morgan fingerprint density at radius 1 is 0.565 bits per heavy atom. The lowest BCUT2D eigenvalue weighted by Crippen LogP contribution is -1.88. The number of fused-ring (bicyclic) bond motifs is 2. The molecule has 1 nitrogen and oxygen atoms in total. The summed E-state index contributed by atoms with van der Waals surface area (Å²) in [6.07, 6.45) is 0. The summed E-state index contributed by atoms with van der Waals surface area (Å²) < 4.78 is 6.28. The van der Waals surface area contributed by atoms with Gasteiger partial charge in [-0.15, -0.1) is 0 Å². The zero-order valence-corrected chi connectivity index (χ0v) is 13.3. The van der Waals surface area contributed by atoms with Gasteiger partial charge in [0, 0.05) is 10.8 Å². The van der Waals surface area contributed by atoms with Crippen LogP contribution in [0.4, 0.5) is 0 Å². The minimum absolute atomic E-state index is 0.899. The van der Waals surface area contributed by atoms with Crippen LogP contribution in [0.25, 0.3) is 21.5 Å². The fraction of sp³-hybridized carbons (Fsp3) is 0.0909. The van der Waals surface area contributed by atoms with E-state index in [-0.39, 0.29) is 0 Å². The van der Waals surface area contributed by atoms with Crippen LogP contribution in [0.5, 0.6) is 11.5 Å². The van der Waals surface area contributed by atoms with Crippen molar-refractivity contribution < 1.29 is 4.74 Å². The van der Waals surface area contributed by atoms with Crippen molar-refractivity contribution in [3.05, 3.63) is 83.9 Å². The fourth-order valence-electron chi connectivity index (χ4n) is 3.04. The fourth-order valence-corrected chi connectivity index (χ4v) is 3.04. The van der Waals surface area contributed by atoms with Crippen LogP contribution in [-0.2, 0) is 0 Å². The van der Waals surface area contributed by atoms with Crippen molar-refractivity contribution in [2.24, 2.45) is 0 Å². The predicted molar refractivity (Wildman–Crippen MR) is 97.4 cm³/mol. The molecule has 0 aromatic heterocycles. The Balaban J connectivity index is 1.85. The molecule has 4 rings (SSSR count). The first kappa shape index (κ1) is 13.8. The molecule has 0 spiro atoms. The van der Waals surface area contributed by atoms with Crippen LogP contribution < -0.4 is 4.74 Å². The molecule has 23 heavy (non-hydrogen) atoms. The highest BCUT2D eigenvalue weighted by Gasteiger charge is 2.07. The molecule has 0 aliphatic heterocycles. The number of ether oxygens (including phenoxy) is 1. The molecule has 4 aromatic rings. The second-order valence-corrected chi connectivity index (χ2v) is 6.06. The van der Waals surface area contributed by atoms with E-state index >= 15 is 0 Å². The van der Waals surface area contributed by atoms with Gasteiger partial charge >= 0.3 is 0 Å². The van der Waals surface area contributed by atoms with Crippen molar-refractivity contribution in [2.75, 3.05) is 0 Å². The number of rotatable bonds is 2. The van der Waals surface area contributed by atoms with Gasteiger partial charge in [0.2, 0.25) is 0 Å². The molecule has 0 radical (unpaired) electrons. The maximum absolute atomic E-state index is 6.28. The van der Waals surface area contributed by atoms with Crippen LogP contribution >= 0.6 is 0 Å². The number of benzene rings is 4. The van der Waals surface area contributed by atoms with E-state index in [1.807, 2.05) is 24.3 Å². The average Bonchev–Trinajstić information content (AvgIpc) is 2.54. The molecule has 0 saturated heterocycles. The molecule has 112 valence electrons. The standard InChI is InChI=1S/C22H18O/c1-15-9-11-19-17(13-15)5-3-7-21(19)23-22-8-4-6-18-14-16(2)10-12-20(18)22/h3-14H,1-2H3. The summed E-state index contributed by atoms with van der Waals surface area (Å²) in [5.74, 6) is 1.80. The first-order valence-corrected chi connectivity index (χ1v) is 7.87. The van der Waals surface area contributed by atoms with Crippen LogP contribution in [0.2, 0.25) is 0 Å². The summed E-state index contributed by atoms with van der Waals surface area (Å²) in [4.78, 5) is 0. The molecular weight excluding hydrogens is 280 g/mol. The van der Waals surface area contributed by atoms with E-state index < -0.39 is 0 Å². The van der Waals surface area contributed by atoms with Gasteiger partial charge in [0.1, 0.15) is 11.5 Å². The summed E-state index contributed by atoms with van der Waals surface area (Å²) in [5, 5.41) is 4.70. The molecule has 0 saturated carbocycles. The van der Waals surface area contributed by atoms with Crippen LogP contribution in [0.1, 0.15) is 11.1 Å². The van der Waals surface area contributed by atoms with Crippen molar-refractivity contribution in [3.63, 3.8) is 0 Å². The molecule has 0 aliphatic rings. The van der Waals surface area contributed by atoms with Crippen LogP contribution in [0.15, 0.2) is 72.8 Å². The van der Waals surface area contributed by atoms with Gasteiger partial charge in [0.25, 0.3) is 0 Å². The first-order chi connectivity index (χ1) is 11.2. The first-order valence-electron chi connectivity index (χ1n) is 7.87. The Kier molecular flexibility index (Phi) is 3.27. The largest absolute Gasteiger partial charge is 0.456 e. The highest BCUT2D eigenvalue weighted by atomic mass is 16.5. The molecule has 0 atom stereocenters. The number of aryl methyl sites for hydroxylation is 2. The smallest absolute Gasteiger partial charge is 0.135 e. The van der Waals surface area contributed by atoms with E-state index in [2.05, 4.69) is 62.4 Å². The van der Waals surface area contributed by atoms with E-state index in [1.54, 1.807) is 0 Å². The van der Waals surface area contributed by atoms with E-state index in [9.17, 15) is 0 Å². The summed E-state index contributed by atoms with van der Waals surface area (Å²) >= 11 is 0. The third kappa shape index (κ3) is 2.55. The van der Waals surface area contributed by atoms with Crippen molar-refractivity contribution >= 4 is 21.5 Å². The molecule has 0 fully saturated rings. The number of hydrogen-bond acceptors (Lipinski definition) is 1. The Bertz CT molecular complexity index is 931. The van der Waals surface area contributed by atoms with Gasteiger partial charge in [0.15, 0.2) is 0 Å². The second-order valence-electron chi connectivity index (χ2n) is 6.06. The van der Waals surface area contributed by atoms with Gasteiger partial charge in [-0.3, -0.25) is 0 Å². The van der Waals surface area contributed by atoms with E-state index in [4.69, 9.17) is 4.74 Å². The maximum Gasteiger partial charge on any atom is 0.135 e. The van der Waals surface area contributed by atoms with E-state index in [1.165, 1.54) is 21.9 Å². The molecule has 4 aromatic carbocycles. The molecule has 0 N–H and O–H groups in total. The van der Waals surface area contributed by atoms with Crippen molar-refractivity contribution in [3.8, 4) is 11.5 Å². The SMILES string of the molecule is Cc1ccc2c(Oc3cccc4cc(C)ccc34)cccc2c1. The van der Waals surface area contributed by atoms with Gasteiger partial charge in [-0.1, -0.05) is 71.8 Å². The lowest BCUT2D eigenvalue weighted by atomic mass is 10.1. The molecule has 1 heteroatoms. The molecule has 0 heterocycles. The Labute approximate surface area is 136 Å². The quantitative estimate of drug-likeness (QED) is 0.416. The molecule has 0 bridgehead atoms. The second kappa shape index (κ2) is 5.44. The third-order valence-corrected chi connectivity index (χ3v) is 4.21. The molecule has 0 unspecified atom stereocenters. The van der Waals surface area contributed by atoms with Crippen molar-refractivity contribution in [1.29, 1.82) is 0 Å². The van der Waals surface area contributed by atoms with E-state index in [0.29, 0.717) is 0 Å². The minimum atomic E-state index is 0.899. The summed E-state index contributed by atoms with van der Waals surface area (Å²) in [6, 6.07) is 25.3. The number of hydrogen-bond donors (Lipinski definition) is 0. The summed E-state index contributed by atoms with van der Waals surface area (Å²) in [5.41, 5.74) is 2.52. The lowest BCUT2D eigenvalue weighted by molar-refractivity contribution is 0.494. The summed E-state index contributed by atoms with van der Waals surface area (Å²) in [6.45, 7) is 4.22. The normalized spacial score (nSPS) is 11.0. The predicted octanol–water partition coefficient (Wildman–Crippen LogP) is 6.40. The van der Waals surface area contributed by atoms with Crippen LogP contribution in [0, 0.1) is 13.8 Å². The van der Waals surface area contributed by atoms with Gasteiger partial charge in [-0.2, -0.15) is 0 Å². The molecule has 0 aliphatic carbocycles. The average molecular weight is 298 g/mol. The van der Waals surface area contributed by atoms with Gasteiger partial charge in [-0.25, -0.2) is 0 Å². The highest BCUT2D eigenvalue weighted by molar-refractivity contribution is 5.92. The van der Waals surface area contributed by atoms with Crippen LogP contribution in [-0.4, -0.2) is 0 Å². The maximum atomic E-state index is 6.28. The van der Waals surface area contributed by atoms with E-state index in [0.717, 1.165) is 22.3 Å². The van der Waals surface area contributed by atoms with Gasteiger partial charge in [-0.05, 0) is 36.8 Å². The Morgan fingerprint density at radius 2 is 1.04 bits per heavy atom. The third-order valence-electron chi connectivity index (χ3n) is 4.21. The molecular formula is C22H18O. The van der Waals surface area contributed by atoms with Gasteiger partial charge in [0.05, 0.1) is 0 Å². The zero-order chi connectivity index (χ0) is 15.8. The van der Waals surface area contributed by atoms with Crippen molar-refractivity contribution in [1.82, 2.24) is 0 Å². The highest BCUT2D eigenvalue weighted by Crippen LogP contribution is 2.34.